The van der Waals surface area contributed by atoms with Crippen LogP contribution in [0, 0.1) is 0 Å². The normalized spacial score (nSPS) is 29.7. The summed E-state index contributed by atoms with van der Waals surface area (Å²) in [5, 5.41) is 15.7. The first-order valence-electron chi connectivity index (χ1n) is 8.58. The molecule has 130 valence electrons. The van der Waals surface area contributed by atoms with Gasteiger partial charge in [0.15, 0.2) is 0 Å². The van der Waals surface area contributed by atoms with Gasteiger partial charge in [-0.05, 0) is 37.8 Å². The van der Waals surface area contributed by atoms with E-state index in [4.69, 9.17) is 5.11 Å². The number of urea groups is 1. The van der Waals surface area contributed by atoms with E-state index in [2.05, 4.69) is 41.8 Å². The fraction of sp³-hybridized carbons (Fsp3) is 0.556. The lowest BCUT2D eigenvalue weighted by Crippen LogP contribution is -2.54. The third-order valence-corrected chi connectivity index (χ3v) is 5.38. The van der Waals surface area contributed by atoms with Crippen LogP contribution in [0.15, 0.2) is 30.3 Å². The molecule has 6 heteroatoms. The molecule has 1 aromatic rings. The van der Waals surface area contributed by atoms with E-state index in [9.17, 15) is 9.59 Å². The first kappa shape index (κ1) is 16.8. The van der Waals surface area contributed by atoms with E-state index in [1.165, 1.54) is 10.5 Å². The van der Waals surface area contributed by atoms with Gasteiger partial charge in [-0.3, -0.25) is 4.79 Å². The molecule has 1 heterocycles. The molecule has 6 nitrogen and oxygen atoms in total. The number of carboxylic acid groups (broad SMARTS) is 1. The Hall–Kier alpha value is -2.08. The summed E-state index contributed by atoms with van der Waals surface area (Å²) in [5.41, 5.74) is 0.931. The van der Waals surface area contributed by atoms with E-state index in [1.807, 2.05) is 6.07 Å². The van der Waals surface area contributed by atoms with Crippen LogP contribution in [0.2, 0.25) is 0 Å². The second kappa shape index (κ2) is 6.43. The number of rotatable bonds is 5. The number of amides is 2. The van der Waals surface area contributed by atoms with Crippen LogP contribution in [0.3, 0.4) is 0 Å². The number of nitrogens with one attached hydrogen (secondary N) is 2. The van der Waals surface area contributed by atoms with E-state index >= 15 is 0 Å². The summed E-state index contributed by atoms with van der Waals surface area (Å²) in [6.45, 7) is 3.25. The molecule has 24 heavy (non-hydrogen) atoms. The maximum Gasteiger partial charge on any atom is 0.323 e. The van der Waals surface area contributed by atoms with Gasteiger partial charge in [-0.15, -0.1) is 0 Å². The first-order chi connectivity index (χ1) is 11.5. The zero-order chi connectivity index (χ0) is 17.2. The van der Waals surface area contributed by atoms with Crippen LogP contribution in [0.4, 0.5) is 4.79 Å². The summed E-state index contributed by atoms with van der Waals surface area (Å²) in [4.78, 5) is 24.4. The number of nitrogens with zero attached hydrogens (tertiary/aromatic N) is 1. The molecule has 1 saturated carbocycles. The van der Waals surface area contributed by atoms with Gasteiger partial charge >= 0.3 is 12.0 Å². The van der Waals surface area contributed by atoms with E-state index in [0.717, 1.165) is 32.2 Å². The smallest absolute Gasteiger partial charge is 0.323 e. The van der Waals surface area contributed by atoms with E-state index < -0.39 is 5.97 Å². The number of hydrogen-bond acceptors (Lipinski definition) is 3. The molecule has 0 bridgehead atoms. The maximum absolute atomic E-state index is 12.1. The van der Waals surface area contributed by atoms with Crippen molar-refractivity contribution in [2.75, 3.05) is 19.6 Å². The third kappa shape index (κ3) is 3.11. The van der Waals surface area contributed by atoms with Crippen LogP contribution >= 0.6 is 0 Å². The molecule has 2 amide bonds. The Labute approximate surface area is 142 Å². The lowest BCUT2D eigenvalue weighted by molar-refractivity contribution is -0.137. The zero-order valence-corrected chi connectivity index (χ0v) is 14.0. The Bertz CT molecular complexity index is 609. The van der Waals surface area contributed by atoms with Crippen LogP contribution in [0.5, 0.6) is 0 Å². The molecule has 1 aromatic carbocycles. The van der Waals surface area contributed by atoms with Crippen LogP contribution in [-0.4, -0.2) is 47.2 Å². The van der Waals surface area contributed by atoms with Crippen molar-refractivity contribution in [2.45, 2.75) is 43.7 Å². The molecular formula is C18H25N3O3. The largest absolute Gasteiger partial charge is 0.480 e. The van der Waals surface area contributed by atoms with Crippen molar-refractivity contribution in [3.05, 3.63) is 35.9 Å². The fourth-order valence-electron chi connectivity index (χ4n) is 4.18. The van der Waals surface area contributed by atoms with Crippen molar-refractivity contribution in [2.24, 2.45) is 0 Å². The third-order valence-electron chi connectivity index (χ3n) is 5.38. The summed E-state index contributed by atoms with van der Waals surface area (Å²) in [6.07, 6.45) is 3.53. The molecule has 0 atom stereocenters. The highest BCUT2D eigenvalue weighted by Gasteiger charge is 2.49. The van der Waals surface area contributed by atoms with Gasteiger partial charge in [-0.25, -0.2) is 4.79 Å². The second-order valence-corrected chi connectivity index (χ2v) is 6.94. The highest BCUT2D eigenvalue weighted by Crippen LogP contribution is 2.43. The molecule has 3 rings (SSSR count). The number of carbonyl (C=O) groups excluding carboxylic acids is 1. The highest BCUT2D eigenvalue weighted by molar-refractivity contribution is 5.82. The molecule has 1 spiro atoms. The van der Waals surface area contributed by atoms with Crippen molar-refractivity contribution >= 4 is 12.0 Å². The summed E-state index contributed by atoms with van der Waals surface area (Å²) < 4.78 is 0. The van der Waals surface area contributed by atoms with Gasteiger partial charge in [-0.2, -0.15) is 0 Å². The number of aliphatic carboxylic acids is 1. The standard InChI is InChI=1S/C18H25N3O3/c1-2-19-18(14-6-4-3-5-7-14)10-8-17(9-11-18)13-21(12-15(22)23)16(24)20-17/h3-7,19H,2,8-13H2,1H3,(H,20,24)(H,22,23)/t17-,18-. The van der Waals surface area contributed by atoms with E-state index in [1.54, 1.807) is 0 Å². The van der Waals surface area contributed by atoms with E-state index in [-0.39, 0.29) is 23.7 Å². The lowest BCUT2D eigenvalue weighted by atomic mass is 9.69. The summed E-state index contributed by atoms with van der Waals surface area (Å²) in [6, 6.07) is 10.2. The van der Waals surface area contributed by atoms with Crippen molar-refractivity contribution in [1.82, 2.24) is 15.5 Å². The number of benzene rings is 1. The van der Waals surface area contributed by atoms with Gasteiger partial charge in [0.2, 0.25) is 0 Å². The van der Waals surface area contributed by atoms with Crippen molar-refractivity contribution < 1.29 is 14.7 Å². The first-order valence-corrected chi connectivity index (χ1v) is 8.58. The Morgan fingerprint density at radius 2 is 1.92 bits per heavy atom. The van der Waals surface area contributed by atoms with Crippen LogP contribution in [0.1, 0.15) is 38.2 Å². The Morgan fingerprint density at radius 3 is 2.50 bits per heavy atom. The topological polar surface area (TPSA) is 81.7 Å². The fourth-order valence-corrected chi connectivity index (χ4v) is 4.18. The average molecular weight is 331 g/mol. The van der Waals surface area contributed by atoms with Crippen LogP contribution in [0.25, 0.3) is 0 Å². The predicted molar refractivity (Wildman–Crippen MR) is 90.7 cm³/mol. The van der Waals surface area contributed by atoms with Crippen molar-refractivity contribution in [3.63, 3.8) is 0 Å². The van der Waals surface area contributed by atoms with Crippen LogP contribution in [-0.2, 0) is 10.3 Å². The molecule has 0 aromatic heterocycles. The molecular weight excluding hydrogens is 306 g/mol. The van der Waals surface area contributed by atoms with Gasteiger partial charge in [-0.1, -0.05) is 37.3 Å². The highest BCUT2D eigenvalue weighted by atomic mass is 16.4. The maximum atomic E-state index is 12.1. The number of hydrogen-bond donors (Lipinski definition) is 3. The average Bonchev–Trinajstić information content (AvgIpc) is 2.86. The van der Waals surface area contributed by atoms with Gasteiger partial charge in [0.05, 0.1) is 5.54 Å². The van der Waals surface area contributed by atoms with Gasteiger partial charge in [0, 0.05) is 12.1 Å². The number of carboxylic acids is 1. The minimum atomic E-state index is -0.968. The summed E-state index contributed by atoms with van der Waals surface area (Å²) in [5.74, 6) is -0.968. The van der Waals surface area contributed by atoms with E-state index in [0.29, 0.717) is 6.54 Å². The van der Waals surface area contributed by atoms with Crippen molar-refractivity contribution in [3.8, 4) is 0 Å². The predicted octanol–water partition coefficient (Wildman–Crippen LogP) is 1.91. The SMILES string of the molecule is CCN[C@]1(c2ccccc2)CC[C@@]2(CC1)CN(CC(=O)O)C(=O)N2. The molecule has 1 saturated heterocycles. The molecule has 0 radical (unpaired) electrons. The van der Waals surface area contributed by atoms with Gasteiger partial charge < -0.3 is 20.6 Å². The Kier molecular flexibility index (Phi) is 4.49. The quantitative estimate of drug-likeness (QED) is 0.770. The Balaban J connectivity index is 1.74. The molecule has 2 fully saturated rings. The summed E-state index contributed by atoms with van der Waals surface area (Å²) >= 11 is 0. The van der Waals surface area contributed by atoms with Crippen LogP contribution < -0.4 is 10.6 Å². The minimum Gasteiger partial charge on any atom is -0.480 e. The zero-order valence-electron chi connectivity index (χ0n) is 14.0. The van der Waals surface area contributed by atoms with Gasteiger partial charge in [0.25, 0.3) is 0 Å². The summed E-state index contributed by atoms with van der Waals surface area (Å²) in [7, 11) is 0. The molecule has 2 aliphatic rings. The lowest BCUT2D eigenvalue weighted by Gasteiger charge is -2.45. The Morgan fingerprint density at radius 1 is 1.25 bits per heavy atom. The molecule has 3 N–H and O–H groups in total. The molecule has 1 aliphatic heterocycles. The second-order valence-electron chi connectivity index (χ2n) is 6.94. The molecule has 0 unspecified atom stereocenters. The van der Waals surface area contributed by atoms with Gasteiger partial charge in [0.1, 0.15) is 6.54 Å². The minimum absolute atomic E-state index is 0.0633. The number of carbonyl (C=O) groups is 2. The monoisotopic (exact) mass is 331 g/mol. The molecule has 1 aliphatic carbocycles. The van der Waals surface area contributed by atoms with Crippen molar-refractivity contribution in [1.29, 1.82) is 0 Å².